The number of hydrogen-bond donors (Lipinski definition) is 0. The third-order valence-electron chi connectivity index (χ3n) is 2.96. The lowest BCUT2D eigenvalue weighted by Gasteiger charge is -2.24. The maximum absolute atomic E-state index is 6.04. The van der Waals surface area contributed by atoms with Crippen molar-refractivity contribution in [3.05, 3.63) is 22.8 Å². The molecule has 1 aliphatic rings. The van der Waals surface area contributed by atoms with Crippen molar-refractivity contribution in [3.63, 3.8) is 0 Å². The monoisotopic (exact) mass is 213 g/mol. The molecule has 1 rings (SSSR count). The van der Waals surface area contributed by atoms with Gasteiger partial charge in [0.15, 0.2) is 0 Å². The van der Waals surface area contributed by atoms with Crippen LogP contribution < -0.4 is 0 Å². The van der Waals surface area contributed by atoms with Crippen LogP contribution in [0.25, 0.3) is 0 Å². The first-order chi connectivity index (χ1) is 6.50. The van der Waals surface area contributed by atoms with Crippen LogP contribution in [0.3, 0.4) is 0 Å². The Labute approximate surface area is 92.4 Å². The molecule has 1 aliphatic carbocycles. The Kier molecular flexibility index (Phi) is 4.21. The quantitative estimate of drug-likeness (QED) is 0.695. The predicted octanol–water partition coefficient (Wildman–Crippen LogP) is 3.42. The van der Waals surface area contributed by atoms with E-state index in [1.165, 1.54) is 5.57 Å². The zero-order chi connectivity index (χ0) is 10.7. The van der Waals surface area contributed by atoms with Crippen LogP contribution >= 0.6 is 11.6 Å². The third-order valence-corrected chi connectivity index (χ3v) is 3.46. The first-order valence-electron chi connectivity index (χ1n) is 5.22. The molecule has 0 N–H and O–H groups in total. The van der Waals surface area contributed by atoms with Crippen LogP contribution in [0.4, 0.5) is 0 Å². The van der Waals surface area contributed by atoms with Crippen LogP contribution in [0.2, 0.25) is 0 Å². The number of nitrogens with zero attached hydrogens (tertiary/aromatic N) is 1. The average molecular weight is 214 g/mol. The summed E-state index contributed by atoms with van der Waals surface area (Å²) in [7, 11) is 4.25. The molecule has 0 aliphatic heterocycles. The number of allylic oxidation sites excluding steroid dienone is 3. The smallest absolute Gasteiger partial charge is 0.0212 e. The van der Waals surface area contributed by atoms with E-state index in [9.17, 15) is 0 Å². The van der Waals surface area contributed by atoms with Gasteiger partial charge in [0.1, 0.15) is 0 Å². The van der Waals surface area contributed by atoms with Crippen molar-refractivity contribution in [2.75, 3.05) is 14.1 Å². The molecular weight excluding hydrogens is 194 g/mol. The van der Waals surface area contributed by atoms with Crippen LogP contribution in [0.5, 0.6) is 0 Å². The summed E-state index contributed by atoms with van der Waals surface area (Å²) in [6.07, 6.45) is 6.50. The molecule has 0 aromatic heterocycles. The van der Waals surface area contributed by atoms with Crippen LogP contribution in [0.1, 0.15) is 26.7 Å². The average Bonchev–Trinajstić information content (AvgIpc) is 2.11. The van der Waals surface area contributed by atoms with E-state index in [-0.39, 0.29) is 0 Å². The van der Waals surface area contributed by atoms with E-state index in [1.807, 2.05) is 6.08 Å². The van der Waals surface area contributed by atoms with E-state index in [2.05, 4.69) is 38.9 Å². The maximum atomic E-state index is 6.04. The zero-order valence-corrected chi connectivity index (χ0v) is 10.3. The van der Waals surface area contributed by atoms with E-state index >= 15 is 0 Å². The first kappa shape index (κ1) is 11.8. The van der Waals surface area contributed by atoms with E-state index in [0.29, 0.717) is 12.0 Å². The van der Waals surface area contributed by atoms with E-state index in [0.717, 1.165) is 17.9 Å². The van der Waals surface area contributed by atoms with Crippen LogP contribution in [-0.2, 0) is 0 Å². The second kappa shape index (κ2) is 4.99. The predicted molar refractivity (Wildman–Crippen MR) is 63.6 cm³/mol. The SMILES string of the molecule is C[C@H]1CC(C[C@H](C)N(C)C)=CC=C1Cl. The van der Waals surface area contributed by atoms with Crippen molar-refractivity contribution in [1.29, 1.82) is 0 Å². The van der Waals surface area contributed by atoms with E-state index in [1.54, 1.807) is 0 Å². The van der Waals surface area contributed by atoms with Crippen molar-refractivity contribution in [2.45, 2.75) is 32.7 Å². The first-order valence-corrected chi connectivity index (χ1v) is 5.60. The molecule has 2 heteroatoms. The van der Waals surface area contributed by atoms with Gasteiger partial charge in [0, 0.05) is 11.1 Å². The standard InChI is InChI=1S/C12H20ClN/c1-9-7-11(5-6-12(9)13)8-10(2)14(3)4/h5-6,9-10H,7-8H2,1-4H3/t9-,10-/m0/s1. The van der Waals surface area contributed by atoms with Gasteiger partial charge in [0.2, 0.25) is 0 Å². The minimum Gasteiger partial charge on any atom is -0.306 e. The summed E-state index contributed by atoms with van der Waals surface area (Å²) >= 11 is 6.04. The highest BCUT2D eigenvalue weighted by molar-refractivity contribution is 6.30. The van der Waals surface area contributed by atoms with Gasteiger partial charge in [-0.05, 0) is 45.9 Å². The molecule has 80 valence electrons. The molecule has 0 unspecified atom stereocenters. The Bertz CT molecular complexity index is 253. The Hall–Kier alpha value is -0.270. The second-order valence-electron chi connectivity index (χ2n) is 4.50. The zero-order valence-electron chi connectivity index (χ0n) is 9.55. The normalized spacial score (nSPS) is 24.6. The molecule has 2 atom stereocenters. The number of rotatable bonds is 3. The molecular formula is C12H20ClN. The minimum atomic E-state index is 0.506. The van der Waals surface area contributed by atoms with Gasteiger partial charge in [-0.1, -0.05) is 30.2 Å². The van der Waals surface area contributed by atoms with Gasteiger partial charge < -0.3 is 4.90 Å². The summed E-state index contributed by atoms with van der Waals surface area (Å²) in [6, 6.07) is 0.610. The molecule has 1 nitrogen and oxygen atoms in total. The van der Waals surface area contributed by atoms with Crippen LogP contribution in [0.15, 0.2) is 22.8 Å². The third kappa shape index (κ3) is 3.14. The molecule has 0 spiro atoms. The molecule has 0 bridgehead atoms. The summed E-state index contributed by atoms with van der Waals surface area (Å²) in [6.45, 7) is 4.44. The Balaban J connectivity index is 2.55. The highest BCUT2D eigenvalue weighted by Crippen LogP contribution is 2.29. The molecule has 0 saturated carbocycles. The Morgan fingerprint density at radius 2 is 2.14 bits per heavy atom. The van der Waals surface area contributed by atoms with Crippen molar-refractivity contribution in [2.24, 2.45) is 5.92 Å². The highest BCUT2D eigenvalue weighted by atomic mass is 35.5. The van der Waals surface area contributed by atoms with Gasteiger partial charge in [-0.2, -0.15) is 0 Å². The molecule has 0 amide bonds. The van der Waals surface area contributed by atoms with Crippen molar-refractivity contribution < 1.29 is 0 Å². The van der Waals surface area contributed by atoms with Gasteiger partial charge in [-0.3, -0.25) is 0 Å². The van der Waals surface area contributed by atoms with Crippen LogP contribution in [0, 0.1) is 5.92 Å². The van der Waals surface area contributed by atoms with Gasteiger partial charge in [0.25, 0.3) is 0 Å². The van der Waals surface area contributed by atoms with Crippen molar-refractivity contribution in [3.8, 4) is 0 Å². The Morgan fingerprint density at radius 1 is 1.50 bits per heavy atom. The minimum absolute atomic E-state index is 0.506. The highest BCUT2D eigenvalue weighted by Gasteiger charge is 2.15. The van der Waals surface area contributed by atoms with Gasteiger partial charge in [-0.25, -0.2) is 0 Å². The Morgan fingerprint density at radius 3 is 2.64 bits per heavy atom. The molecule has 0 fully saturated rings. The van der Waals surface area contributed by atoms with E-state index in [4.69, 9.17) is 11.6 Å². The van der Waals surface area contributed by atoms with Crippen LogP contribution in [-0.4, -0.2) is 25.0 Å². The number of halogens is 1. The van der Waals surface area contributed by atoms with Gasteiger partial charge in [-0.15, -0.1) is 0 Å². The fraction of sp³-hybridized carbons (Fsp3) is 0.667. The molecule has 0 saturated heterocycles. The second-order valence-corrected chi connectivity index (χ2v) is 4.93. The summed E-state index contributed by atoms with van der Waals surface area (Å²) in [5.41, 5.74) is 1.52. The summed E-state index contributed by atoms with van der Waals surface area (Å²) in [5.74, 6) is 0.506. The van der Waals surface area contributed by atoms with E-state index < -0.39 is 0 Å². The summed E-state index contributed by atoms with van der Waals surface area (Å²) in [5, 5.41) is 0.992. The number of hydrogen-bond acceptors (Lipinski definition) is 1. The van der Waals surface area contributed by atoms with Gasteiger partial charge >= 0.3 is 0 Å². The fourth-order valence-electron chi connectivity index (χ4n) is 1.63. The molecule has 0 heterocycles. The topological polar surface area (TPSA) is 3.24 Å². The lowest BCUT2D eigenvalue weighted by Crippen LogP contribution is -2.25. The lowest BCUT2D eigenvalue weighted by atomic mass is 9.91. The summed E-state index contributed by atoms with van der Waals surface area (Å²) in [4.78, 5) is 2.26. The van der Waals surface area contributed by atoms with Crippen molar-refractivity contribution in [1.82, 2.24) is 4.90 Å². The maximum Gasteiger partial charge on any atom is 0.0212 e. The summed E-state index contributed by atoms with van der Waals surface area (Å²) < 4.78 is 0. The fourth-order valence-corrected chi connectivity index (χ4v) is 1.77. The van der Waals surface area contributed by atoms with Gasteiger partial charge in [0.05, 0.1) is 0 Å². The molecule has 0 aromatic rings. The van der Waals surface area contributed by atoms with Crippen molar-refractivity contribution >= 4 is 11.6 Å². The lowest BCUT2D eigenvalue weighted by molar-refractivity contribution is 0.308. The largest absolute Gasteiger partial charge is 0.306 e. The molecule has 0 radical (unpaired) electrons. The molecule has 0 aromatic carbocycles. The molecule has 14 heavy (non-hydrogen) atoms.